The highest BCUT2D eigenvalue weighted by atomic mass is 32.1. The highest BCUT2D eigenvalue weighted by Gasteiger charge is 2.05. The van der Waals surface area contributed by atoms with E-state index < -0.39 is 0 Å². The van der Waals surface area contributed by atoms with Crippen LogP contribution in [0.15, 0.2) is 22.9 Å². The van der Waals surface area contributed by atoms with Crippen LogP contribution < -0.4 is 5.32 Å². The van der Waals surface area contributed by atoms with E-state index in [2.05, 4.69) is 10.4 Å². The van der Waals surface area contributed by atoms with Gasteiger partial charge in [-0.1, -0.05) is 0 Å². The maximum atomic E-state index is 11.6. The van der Waals surface area contributed by atoms with Crippen LogP contribution in [0.3, 0.4) is 0 Å². The molecule has 2 rings (SSSR count). The van der Waals surface area contributed by atoms with E-state index in [4.69, 9.17) is 0 Å². The van der Waals surface area contributed by atoms with Gasteiger partial charge in [0.05, 0.1) is 12.1 Å². The number of amides is 1. The van der Waals surface area contributed by atoms with E-state index in [-0.39, 0.29) is 5.91 Å². The number of carbonyl (C=O) groups is 1. The summed E-state index contributed by atoms with van der Waals surface area (Å²) >= 11 is 1.61. The minimum atomic E-state index is 0.0704. The Labute approximate surface area is 111 Å². The van der Waals surface area contributed by atoms with Gasteiger partial charge in [-0.3, -0.25) is 9.48 Å². The maximum Gasteiger partial charge on any atom is 0.224 e. The lowest BCUT2D eigenvalue weighted by Gasteiger charge is -2.02. The molecule has 2 heterocycles. The number of hydrogen-bond acceptors (Lipinski definition) is 3. The Bertz CT molecular complexity index is 497. The largest absolute Gasteiger partial charge is 0.355 e. The molecule has 0 fully saturated rings. The zero-order valence-corrected chi connectivity index (χ0v) is 11.5. The monoisotopic (exact) mass is 263 g/mol. The molecule has 0 bridgehead atoms. The second kappa shape index (κ2) is 5.82. The van der Waals surface area contributed by atoms with E-state index in [1.54, 1.807) is 11.3 Å². The number of hydrogen-bond donors (Lipinski definition) is 1. The van der Waals surface area contributed by atoms with Crippen LogP contribution in [0.4, 0.5) is 0 Å². The molecule has 0 aliphatic carbocycles. The van der Waals surface area contributed by atoms with Crippen LogP contribution in [0.5, 0.6) is 0 Å². The molecular weight excluding hydrogens is 246 g/mol. The van der Waals surface area contributed by atoms with Gasteiger partial charge in [0.25, 0.3) is 0 Å². The zero-order valence-electron chi connectivity index (χ0n) is 10.6. The molecule has 0 saturated heterocycles. The van der Waals surface area contributed by atoms with Crippen molar-refractivity contribution in [1.82, 2.24) is 15.1 Å². The summed E-state index contributed by atoms with van der Waals surface area (Å²) in [4.78, 5) is 11.6. The molecule has 0 spiro atoms. The normalized spacial score (nSPS) is 10.6. The number of nitrogens with one attached hydrogen (secondary N) is 1. The molecule has 0 saturated carbocycles. The molecule has 96 valence electrons. The third-order valence-corrected chi connectivity index (χ3v) is 3.54. The van der Waals surface area contributed by atoms with Crippen LogP contribution >= 0.6 is 11.3 Å². The Morgan fingerprint density at radius 3 is 3.00 bits per heavy atom. The molecule has 1 amide bonds. The molecule has 0 aliphatic heterocycles. The van der Waals surface area contributed by atoms with Crippen molar-refractivity contribution in [3.8, 4) is 0 Å². The first-order valence-corrected chi connectivity index (χ1v) is 6.87. The highest BCUT2D eigenvalue weighted by molar-refractivity contribution is 7.07. The Morgan fingerprint density at radius 2 is 2.39 bits per heavy atom. The highest BCUT2D eigenvalue weighted by Crippen LogP contribution is 2.06. The van der Waals surface area contributed by atoms with Gasteiger partial charge < -0.3 is 5.32 Å². The molecule has 2 aromatic rings. The standard InChI is InChI=1S/C13H17N3OS/c1-10-7-12(15-16(10)2)3-5-14-13(17)8-11-4-6-18-9-11/h4,6-7,9H,3,5,8H2,1-2H3,(H,14,17). The second-order valence-electron chi connectivity index (χ2n) is 4.31. The predicted octanol–water partition coefficient (Wildman–Crippen LogP) is 1.69. The van der Waals surface area contributed by atoms with E-state index in [0.29, 0.717) is 13.0 Å². The SMILES string of the molecule is Cc1cc(CCNC(=O)Cc2ccsc2)nn1C. The van der Waals surface area contributed by atoms with Gasteiger partial charge in [0.1, 0.15) is 0 Å². The average molecular weight is 263 g/mol. The Kier molecular flexibility index (Phi) is 4.15. The quantitative estimate of drug-likeness (QED) is 0.892. The summed E-state index contributed by atoms with van der Waals surface area (Å²) in [5.74, 6) is 0.0704. The van der Waals surface area contributed by atoms with E-state index in [1.807, 2.05) is 41.5 Å². The fourth-order valence-corrected chi connectivity index (χ4v) is 2.40. The third kappa shape index (κ3) is 3.43. The summed E-state index contributed by atoms with van der Waals surface area (Å²) in [5, 5.41) is 11.3. The van der Waals surface area contributed by atoms with Crippen LogP contribution in [-0.2, 0) is 24.7 Å². The van der Waals surface area contributed by atoms with Crippen molar-refractivity contribution in [2.24, 2.45) is 7.05 Å². The zero-order chi connectivity index (χ0) is 13.0. The van der Waals surface area contributed by atoms with Crippen LogP contribution in [0.25, 0.3) is 0 Å². The van der Waals surface area contributed by atoms with Gasteiger partial charge in [0.2, 0.25) is 5.91 Å². The predicted molar refractivity (Wildman–Crippen MR) is 72.7 cm³/mol. The molecule has 0 unspecified atom stereocenters. The maximum absolute atomic E-state index is 11.6. The van der Waals surface area contributed by atoms with Gasteiger partial charge in [-0.05, 0) is 35.4 Å². The van der Waals surface area contributed by atoms with Gasteiger partial charge in [-0.15, -0.1) is 0 Å². The van der Waals surface area contributed by atoms with Gasteiger partial charge in [0.15, 0.2) is 0 Å². The van der Waals surface area contributed by atoms with Crippen molar-refractivity contribution in [3.63, 3.8) is 0 Å². The van der Waals surface area contributed by atoms with Gasteiger partial charge in [-0.25, -0.2) is 0 Å². The minimum absolute atomic E-state index is 0.0704. The molecule has 5 heteroatoms. The number of nitrogens with zero attached hydrogens (tertiary/aromatic N) is 2. The average Bonchev–Trinajstić information content (AvgIpc) is 2.90. The van der Waals surface area contributed by atoms with Crippen LogP contribution in [-0.4, -0.2) is 22.2 Å². The van der Waals surface area contributed by atoms with E-state index in [9.17, 15) is 4.79 Å². The molecule has 1 N–H and O–H groups in total. The molecule has 0 atom stereocenters. The van der Waals surface area contributed by atoms with E-state index in [0.717, 1.165) is 23.4 Å². The number of aryl methyl sites for hydroxylation is 2. The van der Waals surface area contributed by atoms with Crippen molar-refractivity contribution in [3.05, 3.63) is 39.8 Å². The van der Waals surface area contributed by atoms with Crippen LogP contribution in [0.2, 0.25) is 0 Å². The topological polar surface area (TPSA) is 46.9 Å². The Morgan fingerprint density at radius 1 is 1.56 bits per heavy atom. The smallest absolute Gasteiger partial charge is 0.224 e. The molecule has 0 radical (unpaired) electrons. The first kappa shape index (κ1) is 12.8. The lowest BCUT2D eigenvalue weighted by Crippen LogP contribution is -2.27. The van der Waals surface area contributed by atoms with Crippen LogP contribution in [0.1, 0.15) is 17.0 Å². The summed E-state index contributed by atoms with van der Waals surface area (Å²) in [6, 6.07) is 4.03. The summed E-state index contributed by atoms with van der Waals surface area (Å²) in [7, 11) is 1.92. The van der Waals surface area contributed by atoms with Crippen molar-refractivity contribution < 1.29 is 4.79 Å². The number of aromatic nitrogens is 2. The fourth-order valence-electron chi connectivity index (χ4n) is 1.73. The number of rotatable bonds is 5. The van der Waals surface area contributed by atoms with Crippen molar-refractivity contribution >= 4 is 17.2 Å². The molecule has 0 aliphatic rings. The lowest BCUT2D eigenvalue weighted by atomic mass is 10.2. The third-order valence-electron chi connectivity index (χ3n) is 2.81. The Hall–Kier alpha value is -1.62. The molecule has 2 aromatic heterocycles. The van der Waals surface area contributed by atoms with E-state index >= 15 is 0 Å². The number of carbonyl (C=O) groups excluding carboxylic acids is 1. The van der Waals surface area contributed by atoms with Crippen molar-refractivity contribution in [2.45, 2.75) is 19.8 Å². The number of thiophene rings is 1. The lowest BCUT2D eigenvalue weighted by molar-refractivity contribution is -0.120. The molecule has 18 heavy (non-hydrogen) atoms. The summed E-state index contributed by atoms with van der Waals surface area (Å²) < 4.78 is 1.85. The Balaban J connectivity index is 1.73. The van der Waals surface area contributed by atoms with Gasteiger partial charge in [0, 0.05) is 25.7 Å². The minimum Gasteiger partial charge on any atom is -0.355 e. The first-order valence-electron chi connectivity index (χ1n) is 5.92. The molecule has 0 aromatic carbocycles. The second-order valence-corrected chi connectivity index (χ2v) is 5.09. The molecule has 4 nitrogen and oxygen atoms in total. The fraction of sp³-hybridized carbons (Fsp3) is 0.385. The first-order chi connectivity index (χ1) is 8.65. The van der Waals surface area contributed by atoms with Crippen molar-refractivity contribution in [1.29, 1.82) is 0 Å². The van der Waals surface area contributed by atoms with E-state index in [1.165, 1.54) is 0 Å². The summed E-state index contributed by atoms with van der Waals surface area (Å²) in [6.45, 7) is 2.66. The summed E-state index contributed by atoms with van der Waals surface area (Å²) in [6.07, 6.45) is 1.24. The molecular formula is C13H17N3OS. The van der Waals surface area contributed by atoms with Gasteiger partial charge in [-0.2, -0.15) is 16.4 Å². The summed E-state index contributed by atoms with van der Waals surface area (Å²) in [5.41, 5.74) is 3.23. The van der Waals surface area contributed by atoms with Crippen LogP contribution in [0, 0.1) is 6.92 Å². The van der Waals surface area contributed by atoms with Gasteiger partial charge >= 0.3 is 0 Å². The van der Waals surface area contributed by atoms with Crippen molar-refractivity contribution in [2.75, 3.05) is 6.54 Å².